The van der Waals surface area contributed by atoms with Crippen LogP contribution in [0.25, 0.3) is 6.08 Å². The van der Waals surface area contributed by atoms with Gasteiger partial charge < -0.3 is 14.8 Å². The third-order valence-electron chi connectivity index (χ3n) is 10.5. The summed E-state index contributed by atoms with van der Waals surface area (Å²) in [5.74, 6) is -0.703. The van der Waals surface area contributed by atoms with Crippen molar-refractivity contribution in [1.29, 1.82) is 0 Å². The maximum absolute atomic E-state index is 14.2. The number of phenolic OH excluding ortho intramolecular Hbond substituents is 1. The Morgan fingerprint density at radius 3 is 2.51 bits per heavy atom. The number of nitrogens with zero attached hydrogens (tertiary/aromatic N) is 2. The summed E-state index contributed by atoms with van der Waals surface area (Å²) < 4.78 is 6.23. The number of hydrogen-bond acceptors (Lipinski definition) is 6. The van der Waals surface area contributed by atoms with Crippen LogP contribution in [0.3, 0.4) is 0 Å². The molecule has 4 aliphatic rings. The molecule has 45 heavy (non-hydrogen) atoms. The van der Waals surface area contributed by atoms with Gasteiger partial charge in [-0.25, -0.2) is 0 Å². The first-order chi connectivity index (χ1) is 21.9. The average molecular weight is 611 g/mol. The third kappa shape index (κ3) is 6.84. The third-order valence-corrected chi connectivity index (χ3v) is 10.5. The number of aromatic hydroxyl groups is 1. The molecule has 0 spiro atoms. The Balaban J connectivity index is 1.18. The average Bonchev–Trinajstić information content (AvgIpc) is 3.29. The molecule has 3 fully saturated rings. The number of fused-ring (bicyclic) bond motifs is 3. The molecule has 2 aromatic carbocycles. The highest BCUT2D eigenvalue weighted by Crippen LogP contribution is 2.52. The van der Waals surface area contributed by atoms with E-state index in [1.807, 2.05) is 18.2 Å². The molecule has 7 nitrogen and oxygen atoms in total. The minimum Gasteiger partial charge on any atom is -0.508 e. The highest BCUT2D eigenvalue weighted by Gasteiger charge is 2.58. The number of likely N-dealkylation sites (tertiary alicyclic amines) is 2. The van der Waals surface area contributed by atoms with Gasteiger partial charge >= 0.3 is 7.12 Å². The van der Waals surface area contributed by atoms with Crippen molar-refractivity contribution < 1.29 is 24.4 Å². The van der Waals surface area contributed by atoms with E-state index >= 15 is 0 Å². The predicted molar refractivity (Wildman–Crippen MR) is 177 cm³/mol. The molecule has 3 heterocycles. The van der Waals surface area contributed by atoms with Gasteiger partial charge in [0.15, 0.2) is 0 Å². The molecule has 0 saturated carbocycles. The monoisotopic (exact) mass is 610 g/mol. The van der Waals surface area contributed by atoms with Crippen LogP contribution in [0.15, 0.2) is 71.3 Å². The molecule has 2 N–H and O–H groups in total. The zero-order valence-corrected chi connectivity index (χ0v) is 26.7. The molecule has 3 saturated heterocycles. The Hall–Kier alpha value is -3.20. The molecular formula is C37H47BN2O5. The second kappa shape index (κ2) is 14.1. The van der Waals surface area contributed by atoms with Gasteiger partial charge in [-0.3, -0.25) is 19.4 Å². The van der Waals surface area contributed by atoms with Crippen LogP contribution >= 0.6 is 0 Å². The topological polar surface area (TPSA) is 90.3 Å². The minimum absolute atomic E-state index is 0.000916. The molecule has 1 aliphatic carbocycles. The fraction of sp³-hybridized carbons (Fsp3) is 0.514. The number of amides is 2. The number of phenols is 1. The van der Waals surface area contributed by atoms with Crippen LogP contribution in [0.1, 0.15) is 76.3 Å². The number of benzene rings is 2. The largest absolute Gasteiger partial charge is 0.508 e. The number of piperidine rings is 1. The van der Waals surface area contributed by atoms with E-state index in [0.717, 1.165) is 63.7 Å². The Kier molecular flexibility index (Phi) is 9.93. The number of carbonyl (C=O) groups is 2. The molecule has 0 bridgehead atoms. The lowest BCUT2D eigenvalue weighted by molar-refractivity contribution is -0.144. The standard InChI is InChI=1S/C37H47BN2O5/c1-3-9-28-22-31-35(37(43)40(36(31)42)29-16-18-39(19-17-29)24-26-10-6-5-7-11-26)32-23-38(44)45-33(34(28)32)15-14-25(4-2)20-27-12-8-13-30(41)21-27/h5-8,10-13,20-21,29,31-33,35,41,44H,3-4,9,14-19,22-24H2,1-2H3/b25-20+/t31-,32+,33-,35-/m1/s1. The van der Waals surface area contributed by atoms with Crippen LogP contribution < -0.4 is 0 Å². The maximum Gasteiger partial charge on any atom is 0.455 e. The van der Waals surface area contributed by atoms with Crippen molar-refractivity contribution in [2.75, 3.05) is 13.1 Å². The Morgan fingerprint density at radius 2 is 1.80 bits per heavy atom. The van der Waals surface area contributed by atoms with E-state index in [-0.39, 0.29) is 41.5 Å². The quantitative estimate of drug-likeness (QED) is 0.189. The molecule has 0 aromatic heterocycles. The van der Waals surface area contributed by atoms with Crippen molar-refractivity contribution >= 4 is 25.0 Å². The zero-order valence-electron chi connectivity index (χ0n) is 26.7. The zero-order chi connectivity index (χ0) is 31.5. The number of allylic oxidation sites excluding steroid dienone is 2. The van der Waals surface area contributed by atoms with Gasteiger partial charge in [0.1, 0.15) is 5.75 Å². The van der Waals surface area contributed by atoms with E-state index in [4.69, 9.17) is 4.65 Å². The number of carbonyl (C=O) groups excluding carboxylic acids is 2. The van der Waals surface area contributed by atoms with Crippen molar-refractivity contribution in [3.63, 3.8) is 0 Å². The molecule has 2 amide bonds. The van der Waals surface area contributed by atoms with Gasteiger partial charge in [0.05, 0.1) is 17.9 Å². The Labute approximate surface area is 268 Å². The SMILES string of the molecule is CCCC1=C2[C@@H](CC/C(=C/c3cccc(O)c3)CC)OB(O)C[C@@H]2[C@@H]2C(=O)N(C3CCN(Cc4ccccc4)CC3)C(=O)[C@@H]2C1. The van der Waals surface area contributed by atoms with E-state index in [0.29, 0.717) is 19.2 Å². The summed E-state index contributed by atoms with van der Waals surface area (Å²) in [5, 5.41) is 20.9. The smallest absolute Gasteiger partial charge is 0.455 e. The fourth-order valence-electron chi connectivity index (χ4n) is 8.38. The molecular weight excluding hydrogens is 563 g/mol. The van der Waals surface area contributed by atoms with E-state index in [1.54, 1.807) is 17.0 Å². The molecule has 0 unspecified atom stereocenters. The summed E-state index contributed by atoms with van der Waals surface area (Å²) in [7, 11) is -0.955. The van der Waals surface area contributed by atoms with Gasteiger partial charge in [0, 0.05) is 25.7 Å². The van der Waals surface area contributed by atoms with Crippen molar-refractivity contribution in [3.05, 3.63) is 82.4 Å². The Bertz CT molecular complexity index is 1430. The second-order valence-corrected chi connectivity index (χ2v) is 13.4. The van der Waals surface area contributed by atoms with E-state index in [9.17, 15) is 19.7 Å². The van der Waals surface area contributed by atoms with Crippen LogP contribution in [0, 0.1) is 17.8 Å². The van der Waals surface area contributed by atoms with Gasteiger partial charge in [-0.15, -0.1) is 0 Å². The number of imide groups is 1. The summed E-state index contributed by atoms with van der Waals surface area (Å²) in [5.41, 5.74) is 5.92. The normalized spacial score (nSPS) is 26.4. The maximum atomic E-state index is 14.2. The first-order valence-corrected chi connectivity index (χ1v) is 17.0. The lowest BCUT2D eigenvalue weighted by Crippen LogP contribution is -2.48. The minimum atomic E-state index is -0.955. The van der Waals surface area contributed by atoms with E-state index in [2.05, 4.69) is 49.1 Å². The molecule has 238 valence electrons. The van der Waals surface area contributed by atoms with Crippen LogP contribution in [-0.4, -0.2) is 64.1 Å². The summed E-state index contributed by atoms with van der Waals surface area (Å²) in [6, 6.07) is 17.7. The number of rotatable bonds is 10. The van der Waals surface area contributed by atoms with Crippen molar-refractivity contribution in [2.45, 2.75) is 90.2 Å². The summed E-state index contributed by atoms with van der Waals surface area (Å²) >= 11 is 0. The summed E-state index contributed by atoms with van der Waals surface area (Å²) in [6.07, 6.45) is 8.63. The van der Waals surface area contributed by atoms with Crippen LogP contribution in [-0.2, 0) is 20.8 Å². The molecule has 2 aromatic rings. The van der Waals surface area contributed by atoms with Gasteiger partial charge in [-0.1, -0.05) is 80.0 Å². The van der Waals surface area contributed by atoms with Crippen molar-refractivity contribution in [2.24, 2.45) is 17.8 Å². The first kappa shape index (κ1) is 31.8. The fourth-order valence-corrected chi connectivity index (χ4v) is 8.38. The number of hydrogen-bond donors (Lipinski definition) is 2. The molecule has 8 heteroatoms. The highest BCUT2D eigenvalue weighted by atomic mass is 16.5. The van der Waals surface area contributed by atoms with Crippen molar-refractivity contribution in [1.82, 2.24) is 9.80 Å². The van der Waals surface area contributed by atoms with Crippen LogP contribution in [0.2, 0.25) is 6.32 Å². The second-order valence-electron chi connectivity index (χ2n) is 13.4. The van der Waals surface area contributed by atoms with Gasteiger partial charge in [-0.05, 0) is 86.0 Å². The van der Waals surface area contributed by atoms with Crippen molar-refractivity contribution in [3.8, 4) is 5.75 Å². The summed E-state index contributed by atoms with van der Waals surface area (Å²) in [4.78, 5) is 32.3. The molecule has 3 aliphatic heterocycles. The van der Waals surface area contributed by atoms with Crippen LogP contribution in [0.4, 0.5) is 0 Å². The first-order valence-electron chi connectivity index (χ1n) is 17.0. The Morgan fingerprint density at radius 1 is 1.02 bits per heavy atom. The molecule has 4 atom stereocenters. The van der Waals surface area contributed by atoms with E-state index in [1.165, 1.54) is 22.3 Å². The highest BCUT2D eigenvalue weighted by molar-refractivity contribution is 6.43. The predicted octanol–water partition coefficient (Wildman–Crippen LogP) is 6.23. The van der Waals surface area contributed by atoms with Gasteiger partial charge in [0.2, 0.25) is 11.8 Å². The lowest BCUT2D eigenvalue weighted by atomic mass is 9.58. The lowest BCUT2D eigenvalue weighted by Gasteiger charge is -2.43. The van der Waals surface area contributed by atoms with Crippen LogP contribution in [0.5, 0.6) is 5.75 Å². The van der Waals surface area contributed by atoms with E-state index < -0.39 is 13.0 Å². The molecule has 0 radical (unpaired) electrons. The van der Waals surface area contributed by atoms with Gasteiger partial charge in [0.25, 0.3) is 0 Å². The van der Waals surface area contributed by atoms with Gasteiger partial charge in [-0.2, -0.15) is 0 Å². The molecule has 6 rings (SSSR count). The summed E-state index contributed by atoms with van der Waals surface area (Å²) in [6.45, 7) is 6.91.